The first-order valence-corrected chi connectivity index (χ1v) is 11.6. The highest BCUT2D eigenvalue weighted by atomic mass is 35.5. The molecule has 1 saturated heterocycles. The average molecular weight is 507 g/mol. The van der Waals surface area contributed by atoms with E-state index in [2.05, 4.69) is 15.5 Å². The number of hydrogen-bond acceptors (Lipinski definition) is 6. The Hall–Kier alpha value is -3.27. The van der Waals surface area contributed by atoms with Crippen molar-refractivity contribution in [2.45, 2.75) is 65.1 Å². The minimum Gasteiger partial charge on any atom is -0.484 e. The molecule has 2 amide bonds. The van der Waals surface area contributed by atoms with Crippen LogP contribution >= 0.6 is 11.6 Å². The Balaban J connectivity index is 1.40. The fourth-order valence-corrected chi connectivity index (χ4v) is 4.11. The Morgan fingerprint density at radius 3 is 2.77 bits per heavy atom. The van der Waals surface area contributed by atoms with Gasteiger partial charge in [0.05, 0.1) is 23.8 Å². The van der Waals surface area contributed by atoms with Crippen molar-refractivity contribution in [2.75, 3.05) is 6.54 Å². The van der Waals surface area contributed by atoms with Crippen LogP contribution in [0.3, 0.4) is 0 Å². The molecule has 3 heterocycles. The second kappa shape index (κ2) is 9.77. The minimum absolute atomic E-state index is 0.0706. The first kappa shape index (κ1) is 24.8. The Labute approximate surface area is 206 Å². The number of fused-ring (bicyclic) bond motifs is 1. The molecule has 1 aromatic carbocycles. The number of amides is 2. The van der Waals surface area contributed by atoms with E-state index >= 15 is 0 Å². The fourth-order valence-electron chi connectivity index (χ4n) is 3.89. The molecular formula is C24H28ClFN4O5. The predicted molar refractivity (Wildman–Crippen MR) is 127 cm³/mol. The van der Waals surface area contributed by atoms with Gasteiger partial charge in [-0.15, -0.1) is 0 Å². The predicted octanol–water partition coefficient (Wildman–Crippen LogP) is 4.66. The number of aryl methyl sites for hydroxylation is 1. The van der Waals surface area contributed by atoms with Crippen LogP contribution in [0, 0.1) is 6.92 Å². The van der Waals surface area contributed by atoms with Gasteiger partial charge in [-0.05, 0) is 39.8 Å². The molecule has 35 heavy (non-hydrogen) atoms. The van der Waals surface area contributed by atoms with E-state index < -0.39 is 29.8 Å². The van der Waals surface area contributed by atoms with Crippen molar-refractivity contribution < 1.29 is 28.0 Å². The average Bonchev–Trinajstić information content (AvgIpc) is 3.47. The van der Waals surface area contributed by atoms with Crippen LogP contribution in [0.4, 0.5) is 9.18 Å². The zero-order valence-electron chi connectivity index (χ0n) is 20.0. The molecule has 0 aliphatic carbocycles. The van der Waals surface area contributed by atoms with Gasteiger partial charge in [0.25, 0.3) is 0 Å². The first-order chi connectivity index (χ1) is 16.5. The van der Waals surface area contributed by atoms with Crippen molar-refractivity contribution in [3.8, 4) is 5.75 Å². The maximum Gasteiger partial charge on any atom is 0.411 e. The number of benzene rings is 1. The summed E-state index contributed by atoms with van der Waals surface area (Å²) in [6.07, 6.45) is -2.06. The highest BCUT2D eigenvalue weighted by Crippen LogP contribution is 2.31. The van der Waals surface area contributed by atoms with Crippen molar-refractivity contribution >= 4 is 34.5 Å². The van der Waals surface area contributed by atoms with Gasteiger partial charge in [-0.2, -0.15) is 0 Å². The molecule has 0 bridgehead atoms. The molecule has 11 heteroatoms. The number of alkyl halides is 1. The van der Waals surface area contributed by atoms with Crippen LogP contribution in [0.15, 0.2) is 28.8 Å². The second-order valence-electron chi connectivity index (χ2n) is 9.59. The number of nitrogens with zero attached hydrogens (tertiary/aromatic N) is 2. The molecule has 3 aromatic rings. The molecular weight excluding hydrogens is 479 g/mol. The number of carbonyl (C=O) groups excluding carboxylic acids is 2. The van der Waals surface area contributed by atoms with Crippen LogP contribution in [-0.4, -0.2) is 51.4 Å². The largest absolute Gasteiger partial charge is 0.484 e. The van der Waals surface area contributed by atoms with Crippen molar-refractivity contribution in [3.63, 3.8) is 0 Å². The summed E-state index contributed by atoms with van der Waals surface area (Å²) >= 11 is 6.36. The fraction of sp³-hybridized carbons (Fsp3) is 0.458. The van der Waals surface area contributed by atoms with Gasteiger partial charge in [-0.25, -0.2) is 9.18 Å². The summed E-state index contributed by atoms with van der Waals surface area (Å²) in [5.74, 6) is 0.606. The lowest BCUT2D eigenvalue weighted by molar-refractivity contribution is -0.125. The van der Waals surface area contributed by atoms with Gasteiger partial charge in [0.2, 0.25) is 5.91 Å². The molecule has 1 aliphatic rings. The molecule has 1 aliphatic heterocycles. The van der Waals surface area contributed by atoms with Gasteiger partial charge in [-0.3, -0.25) is 9.69 Å². The Morgan fingerprint density at radius 2 is 2.09 bits per heavy atom. The standard InChI is InChI=1S/C24H28ClFN4O5/c1-13-5-17(35-29-13)12-33-21-9-19-14(7-18(21)25)6-16(28-19)10-27-22(31)20-8-15(26)11-30(20)23(32)34-24(2,3)4/h5-7,9,15,20,28H,8,10-12H2,1-4H3,(H,27,31)/t15-,20+/m1/s1. The molecule has 2 atom stereocenters. The molecule has 1 fully saturated rings. The van der Waals surface area contributed by atoms with Gasteiger partial charge >= 0.3 is 6.09 Å². The van der Waals surface area contributed by atoms with Gasteiger partial charge in [0.15, 0.2) is 5.76 Å². The zero-order chi connectivity index (χ0) is 25.3. The van der Waals surface area contributed by atoms with E-state index in [4.69, 9.17) is 25.6 Å². The Morgan fingerprint density at radius 1 is 1.31 bits per heavy atom. The number of rotatable bonds is 6. The SMILES string of the molecule is Cc1cc(COc2cc3[nH]c(CNC(=O)[C@@H]4C[C@@H](F)CN4C(=O)OC(C)(C)C)cc3cc2Cl)on1. The Bertz CT molecular complexity index is 1230. The maximum absolute atomic E-state index is 14.1. The lowest BCUT2D eigenvalue weighted by atomic mass is 10.2. The summed E-state index contributed by atoms with van der Waals surface area (Å²) < 4.78 is 30.3. The number of halogens is 2. The van der Waals surface area contributed by atoms with E-state index in [1.165, 1.54) is 0 Å². The van der Waals surface area contributed by atoms with Crippen molar-refractivity contribution in [2.24, 2.45) is 0 Å². The molecule has 0 saturated carbocycles. The smallest absolute Gasteiger partial charge is 0.411 e. The van der Waals surface area contributed by atoms with E-state index in [0.717, 1.165) is 21.5 Å². The van der Waals surface area contributed by atoms with Gasteiger partial charge < -0.3 is 24.3 Å². The highest BCUT2D eigenvalue weighted by molar-refractivity contribution is 6.32. The molecule has 9 nitrogen and oxygen atoms in total. The molecule has 2 aromatic heterocycles. The third-order valence-corrected chi connectivity index (χ3v) is 5.70. The zero-order valence-corrected chi connectivity index (χ0v) is 20.7. The number of likely N-dealkylation sites (tertiary alicyclic amines) is 1. The van der Waals surface area contributed by atoms with Crippen LogP contribution < -0.4 is 10.1 Å². The third-order valence-electron chi connectivity index (χ3n) is 5.41. The van der Waals surface area contributed by atoms with Crippen LogP contribution in [-0.2, 0) is 22.7 Å². The van der Waals surface area contributed by atoms with E-state index in [1.807, 2.05) is 13.0 Å². The van der Waals surface area contributed by atoms with Crippen molar-refractivity contribution in [3.05, 3.63) is 46.4 Å². The highest BCUT2D eigenvalue weighted by Gasteiger charge is 2.41. The van der Waals surface area contributed by atoms with E-state index in [-0.39, 0.29) is 26.1 Å². The summed E-state index contributed by atoms with van der Waals surface area (Å²) in [5, 5.41) is 7.86. The number of ether oxygens (including phenoxy) is 2. The van der Waals surface area contributed by atoms with E-state index in [0.29, 0.717) is 22.2 Å². The van der Waals surface area contributed by atoms with Crippen molar-refractivity contribution in [1.82, 2.24) is 20.4 Å². The quantitative estimate of drug-likeness (QED) is 0.503. The normalized spacial score (nSPS) is 18.2. The summed E-state index contributed by atoms with van der Waals surface area (Å²) in [7, 11) is 0. The number of nitrogens with one attached hydrogen (secondary N) is 2. The first-order valence-electron chi connectivity index (χ1n) is 11.3. The van der Waals surface area contributed by atoms with Gasteiger partial charge in [0, 0.05) is 35.2 Å². The number of H-pyrrole nitrogens is 1. The second-order valence-corrected chi connectivity index (χ2v) is 9.99. The molecule has 0 unspecified atom stereocenters. The summed E-state index contributed by atoms with van der Waals surface area (Å²) in [6, 6.07) is 6.22. The minimum atomic E-state index is -1.28. The molecule has 0 spiro atoms. The number of carbonyl (C=O) groups is 2. The number of aromatic nitrogens is 2. The number of aromatic amines is 1. The number of hydrogen-bond donors (Lipinski definition) is 2. The van der Waals surface area contributed by atoms with Gasteiger partial charge in [0.1, 0.15) is 30.2 Å². The van der Waals surface area contributed by atoms with Crippen LogP contribution in [0.2, 0.25) is 5.02 Å². The summed E-state index contributed by atoms with van der Waals surface area (Å²) in [6.45, 7) is 7.15. The maximum atomic E-state index is 14.1. The molecule has 4 rings (SSSR count). The lowest BCUT2D eigenvalue weighted by Crippen LogP contribution is -2.47. The van der Waals surface area contributed by atoms with Gasteiger partial charge in [-0.1, -0.05) is 16.8 Å². The molecule has 188 valence electrons. The molecule has 0 radical (unpaired) electrons. The molecule has 2 N–H and O–H groups in total. The van der Waals surface area contributed by atoms with Crippen LogP contribution in [0.5, 0.6) is 5.75 Å². The third kappa shape index (κ3) is 6.05. The summed E-state index contributed by atoms with van der Waals surface area (Å²) in [4.78, 5) is 29.6. The van der Waals surface area contributed by atoms with E-state index in [1.54, 1.807) is 39.0 Å². The summed E-state index contributed by atoms with van der Waals surface area (Å²) in [5.41, 5.74) is 1.50. The monoisotopic (exact) mass is 506 g/mol. The van der Waals surface area contributed by atoms with Crippen LogP contribution in [0.1, 0.15) is 44.3 Å². The topological polar surface area (TPSA) is 110 Å². The lowest BCUT2D eigenvalue weighted by Gasteiger charge is -2.27. The van der Waals surface area contributed by atoms with Crippen LogP contribution in [0.25, 0.3) is 10.9 Å². The Kier molecular flexibility index (Phi) is 6.93. The van der Waals surface area contributed by atoms with Crippen molar-refractivity contribution in [1.29, 1.82) is 0 Å². The van der Waals surface area contributed by atoms with E-state index in [9.17, 15) is 14.0 Å².